The number of hydrogen-bond acceptors (Lipinski definition) is 7. The van der Waals surface area contributed by atoms with Crippen molar-refractivity contribution in [3.63, 3.8) is 0 Å². The minimum atomic E-state index is -0.546. The number of anilines is 1. The maximum Gasteiger partial charge on any atom is 0.498 e. The predicted molar refractivity (Wildman–Crippen MR) is 152 cm³/mol. The number of nitrogen functional groups attached to an aromatic ring is 1. The topological polar surface area (TPSA) is 97.3 Å². The van der Waals surface area contributed by atoms with E-state index >= 15 is 0 Å². The van der Waals surface area contributed by atoms with Gasteiger partial charge in [-0.2, -0.15) is 15.3 Å². The molecule has 0 aliphatic carbocycles. The summed E-state index contributed by atoms with van der Waals surface area (Å²) in [7, 11) is 1.13. The highest BCUT2D eigenvalue weighted by Crippen LogP contribution is 2.41. The zero-order chi connectivity index (χ0) is 26.9. The number of rotatable bonds is 9. The molecule has 1 fully saturated rings. The molecule has 3 heterocycles. The minimum Gasteiger partial charge on any atom is -0.497 e. The summed E-state index contributed by atoms with van der Waals surface area (Å²) in [5, 5.41) is 13.7. The Labute approximate surface area is 224 Å². The largest absolute Gasteiger partial charge is 0.498 e. The monoisotopic (exact) mass is 513 g/mol. The first-order chi connectivity index (χ1) is 18.4. The summed E-state index contributed by atoms with van der Waals surface area (Å²) < 4.78 is 21.3. The van der Waals surface area contributed by atoms with Gasteiger partial charge < -0.3 is 19.8 Å². The molecular weight excluding hydrogens is 477 g/mol. The highest BCUT2D eigenvalue weighted by atomic mass is 16.7. The molecule has 198 valence electrons. The van der Waals surface area contributed by atoms with Gasteiger partial charge >= 0.3 is 7.12 Å². The summed E-state index contributed by atoms with van der Waals surface area (Å²) in [5.41, 5.74) is 10.8. The fraction of sp³-hybridized carbons (Fsp3) is 0.414. The molecule has 2 unspecified atom stereocenters. The lowest BCUT2D eigenvalue weighted by Crippen LogP contribution is -2.42. The molecule has 0 bridgehead atoms. The van der Waals surface area contributed by atoms with Crippen LogP contribution in [0.5, 0.6) is 5.75 Å². The van der Waals surface area contributed by atoms with E-state index < -0.39 is 7.12 Å². The van der Waals surface area contributed by atoms with Crippen LogP contribution in [-0.2, 0) is 9.31 Å². The van der Waals surface area contributed by atoms with Gasteiger partial charge in [0.25, 0.3) is 0 Å². The second-order valence-corrected chi connectivity index (χ2v) is 10.1. The second-order valence-electron chi connectivity index (χ2n) is 10.1. The zero-order valence-electron chi connectivity index (χ0n) is 22.8. The van der Waals surface area contributed by atoms with Gasteiger partial charge in [-0.15, -0.1) is 0 Å². The van der Waals surface area contributed by atoms with Gasteiger partial charge in [0.2, 0.25) is 0 Å². The summed E-state index contributed by atoms with van der Waals surface area (Å²) in [4.78, 5) is 0. The predicted octanol–water partition coefficient (Wildman–Crippen LogP) is 5.18. The van der Waals surface area contributed by atoms with Gasteiger partial charge in [0.15, 0.2) is 0 Å². The summed E-state index contributed by atoms with van der Waals surface area (Å²) in [5.74, 6) is 1.07. The van der Waals surface area contributed by atoms with Crippen molar-refractivity contribution in [2.24, 2.45) is 5.92 Å². The zero-order valence-corrected chi connectivity index (χ0v) is 22.8. The molecule has 1 saturated heterocycles. The lowest BCUT2D eigenvalue weighted by atomic mass is 9.76. The number of benzene rings is 2. The Morgan fingerprint density at radius 3 is 2.68 bits per heavy atom. The third kappa shape index (κ3) is 4.54. The first-order valence-electron chi connectivity index (χ1n) is 13.5. The maximum absolute atomic E-state index is 6.80. The van der Waals surface area contributed by atoms with Crippen LogP contribution in [0.4, 0.5) is 5.69 Å². The third-order valence-corrected chi connectivity index (χ3v) is 7.92. The molecule has 2 N–H and O–H groups in total. The molecule has 0 amide bonds. The van der Waals surface area contributed by atoms with Crippen LogP contribution in [0.2, 0.25) is 0 Å². The number of hydrogen-bond donors (Lipinski definition) is 1. The number of fused-ring (bicyclic) bond motifs is 1. The smallest absolute Gasteiger partial charge is 0.497 e. The molecule has 5 rings (SSSR count). The number of aromatic nitrogens is 4. The average molecular weight is 513 g/mol. The van der Waals surface area contributed by atoms with E-state index in [1.54, 1.807) is 19.5 Å². The Morgan fingerprint density at radius 1 is 1.18 bits per heavy atom. The van der Waals surface area contributed by atoms with Crippen LogP contribution in [0.15, 0.2) is 55.0 Å². The van der Waals surface area contributed by atoms with Crippen molar-refractivity contribution in [2.45, 2.75) is 65.1 Å². The molecule has 2 atom stereocenters. The van der Waals surface area contributed by atoms with Crippen molar-refractivity contribution in [1.82, 2.24) is 20.0 Å². The van der Waals surface area contributed by atoms with E-state index in [4.69, 9.17) is 19.8 Å². The lowest BCUT2D eigenvalue weighted by molar-refractivity contribution is -0.00107. The molecule has 1 aliphatic rings. The molecule has 2 aromatic carbocycles. The Morgan fingerprint density at radius 2 is 2.00 bits per heavy atom. The molecule has 4 aromatic rings. The summed E-state index contributed by atoms with van der Waals surface area (Å²) in [6.45, 7) is 8.86. The van der Waals surface area contributed by atoms with Crippen LogP contribution in [0.1, 0.15) is 53.4 Å². The number of nitrogens with two attached hydrogens (primary N) is 1. The maximum atomic E-state index is 6.80. The Kier molecular flexibility index (Phi) is 7.41. The van der Waals surface area contributed by atoms with E-state index in [2.05, 4.69) is 49.1 Å². The fourth-order valence-electron chi connectivity index (χ4n) is 5.81. The van der Waals surface area contributed by atoms with Crippen LogP contribution in [0.3, 0.4) is 0 Å². The second kappa shape index (κ2) is 10.7. The van der Waals surface area contributed by atoms with E-state index in [9.17, 15) is 0 Å². The SMILES string of the molecule is CCCC(C)C1OB(c2cc(-c3ccc4c(N)cnnc4c3)c(-n3cccn3)cc2OC)OC1(CC)CC. The Bertz CT molecular complexity index is 1410. The van der Waals surface area contributed by atoms with E-state index in [0.29, 0.717) is 17.4 Å². The van der Waals surface area contributed by atoms with E-state index in [1.165, 1.54) is 0 Å². The first-order valence-corrected chi connectivity index (χ1v) is 13.5. The van der Waals surface area contributed by atoms with Crippen molar-refractivity contribution in [3.05, 3.63) is 55.0 Å². The van der Waals surface area contributed by atoms with Crippen molar-refractivity contribution in [3.8, 4) is 22.6 Å². The summed E-state index contributed by atoms with van der Waals surface area (Å²) in [6.07, 6.45) is 9.20. The van der Waals surface area contributed by atoms with Gasteiger partial charge in [-0.25, -0.2) is 4.68 Å². The average Bonchev–Trinajstić information content (AvgIpc) is 3.61. The molecule has 1 aliphatic heterocycles. The quantitative estimate of drug-likeness (QED) is 0.308. The molecule has 38 heavy (non-hydrogen) atoms. The van der Waals surface area contributed by atoms with Crippen LogP contribution < -0.4 is 15.9 Å². The molecule has 8 nitrogen and oxygen atoms in total. The molecule has 0 spiro atoms. The van der Waals surface area contributed by atoms with Crippen LogP contribution >= 0.6 is 0 Å². The van der Waals surface area contributed by atoms with E-state index in [1.807, 2.05) is 41.2 Å². The number of nitrogens with zero attached hydrogens (tertiary/aromatic N) is 4. The molecule has 0 radical (unpaired) electrons. The van der Waals surface area contributed by atoms with Gasteiger partial charge in [0.05, 0.1) is 41.9 Å². The number of methoxy groups -OCH3 is 1. The van der Waals surface area contributed by atoms with Gasteiger partial charge in [0, 0.05) is 34.9 Å². The Balaban J connectivity index is 1.66. The molecular formula is C29H36BN5O3. The highest BCUT2D eigenvalue weighted by molar-refractivity contribution is 6.63. The van der Waals surface area contributed by atoms with Crippen molar-refractivity contribution in [2.75, 3.05) is 12.8 Å². The van der Waals surface area contributed by atoms with Crippen LogP contribution in [-0.4, -0.2) is 45.9 Å². The molecule has 0 saturated carbocycles. The highest BCUT2D eigenvalue weighted by Gasteiger charge is 2.52. The van der Waals surface area contributed by atoms with E-state index in [0.717, 1.165) is 58.9 Å². The van der Waals surface area contributed by atoms with Crippen molar-refractivity contribution < 1.29 is 14.0 Å². The van der Waals surface area contributed by atoms with Gasteiger partial charge in [-0.05, 0) is 55.0 Å². The Hall–Kier alpha value is -3.43. The molecule has 9 heteroatoms. The van der Waals surface area contributed by atoms with E-state index in [-0.39, 0.29) is 11.7 Å². The summed E-state index contributed by atoms with van der Waals surface area (Å²) >= 11 is 0. The van der Waals surface area contributed by atoms with Gasteiger partial charge in [-0.3, -0.25) is 0 Å². The summed E-state index contributed by atoms with van der Waals surface area (Å²) in [6, 6.07) is 12.0. The standard InChI is InChI=1S/C29H36BN5O3/c1-6-10-19(4)28-29(7-2,8-3)38-30(37-28)23-16-22(26(17-27(23)36-5)35-14-9-13-33-35)20-11-12-21-24(31)18-32-34-25(21)15-20/h9,11-19,28H,6-8,10H2,1-5H3,(H2,31,34). The lowest BCUT2D eigenvalue weighted by Gasteiger charge is -2.35. The van der Waals surface area contributed by atoms with Gasteiger partial charge in [-0.1, -0.05) is 40.2 Å². The number of ether oxygens (including phenoxy) is 1. The normalized spacial score (nSPS) is 17.7. The first kappa shape index (κ1) is 26.2. The van der Waals surface area contributed by atoms with Crippen LogP contribution in [0.25, 0.3) is 27.7 Å². The fourth-order valence-corrected chi connectivity index (χ4v) is 5.81. The van der Waals surface area contributed by atoms with Crippen molar-refractivity contribution in [1.29, 1.82) is 0 Å². The van der Waals surface area contributed by atoms with Crippen molar-refractivity contribution >= 4 is 29.2 Å². The minimum absolute atomic E-state index is 0.000293. The van der Waals surface area contributed by atoms with Gasteiger partial charge in [0.1, 0.15) is 5.75 Å². The third-order valence-electron chi connectivity index (χ3n) is 7.92. The molecule has 2 aromatic heterocycles. The van der Waals surface area contributed by atoms with Crippen LogP contribution in [0, 0.1) is 5.92 Å².